The van der Waals surface area contributed by atoms with Gasteiger partial charge in [-0.15, -0.1) is 24.8 Å². The molecule has 0 aliphatic carbocycles. The number of aliphatic imine (C=N–C) groups is 2. The van der Waals surface area contributed by atoms with Gasteiger partial charge in [-0.05, 0) is 34.7 Å². The fourth-order valence-corrected chi connectivity index (χ4v) is 5.36. The molecule has 3 aliphatic heterocycles. The number of halogens is 3. The number of nitrogens with zero attached hydrogens (tertiary/aromatic N) is 3. The minimum atomic E-state index is 0. The van der Waals surface area contributed by atoms with Crippen LogP contribution < -0.4 is 5.32 Å². The van der Waals surface area contributed by atoms with Crippen LogP contribution in [0, 0.1) is 0 Å². The van der Waals surface area contributed by atoms with E-state index in [9.17, 15) is 0 Å². The van der Waals surface area contributed by atoms with E-state index in [1.807, 2.05) is 12.1 Å². The molecule has 0 aromatic heterocycles. The average molecular weight is 486 g/mol. The lowest BCUT2D eigenvalue weighted by Crippen LogP contribution is -2.24. The Labute approximate surface area is 196 Å². The van der Waals surface area contributed by atoms with E-state index in [-0.39, 0.29) is 30.9 Å². The average Bonchev–Trinajstić information content (AvgIpc) is 3.28. The van der Waals surface area contributed by atoms with E-state index in [0.29, 0.717) is 0 Å². The molecule has 0 fully saturated rings. The highest BCUT2D eigenvalue weighted by atomic mass is 35.5. The Morgan fingerprint density at radius 1 is 1.14 bits per heavy atom. The van der Waals surface area contributed by atoms with Gasteiger partial charge in [0.15, 0.2) is 10.3 Å². The highest BCUT2D eigenvalue weighted by Gasteiger charge is 2.32. The van der Waals surface area contributed by atoms with Gasteiger partial charge in [0.2, 0.25) is 0 Å². The van der Waals surface area contributed by atoms with Gasteiger partial charge < -0.3 is 10.2 Å². The van der Waals surface area contributed by atoms with Gasteiger partial charge in [-0.25, -0.2) is 0 Å². The molecule has 1 atom stereocenters. The number of fused-ring (bicyclic) bond motifs is 2. The second-order valence-corrected chi connectivity index (χ2v) is 8.75. The van der Waals surface area contributed by atoms with E-state index < -0.39 is 0 Å². The number of nitrogens with one attached hydrogen (secondary N) is 1. The van der Waals surface area contributed by atoms with E-state index in [1.165, 1.54) is 16.8 Å². The van der Waals surface area contributed by atoms with Gasteiger partial charge >= 0.3 is 0 Å². The molecule has 0 amide bonds. The molecule has 3 heterocycles. The molecule has 4 nitrogen and oxygen atoms in total. The fourth-order valence-electron chi connectivity index (χ4n) is 3.31. The predicted octanol–water partition coefficient (Wildman–Crippen LogP) is 6.20. The van der Waals surface area contributed by atoms with Gasteiger partial charge in [0, 0.05) is 22.2 Å². The number of thioether (sulfide) groups is 2. The summed E-state index contributed by atoms with van der Waals surface area (Å²) >= 11 is 9.47. The molecule has 0 saturated heterocycles. The summed E-state index contributed by atoms with van der Waals surface area (Å²) in [6.07, 6.45) is 0. The highest BCUT2D eigenvalue weighted by molar-refractivity contribution is 8.17. The van der Waals surface area contributed by atoms with Crippen LogP contribution in [0.15, 0.2) is 69.6 Å². The number of rotatable bonds is 3. The van der Waals surface area contributed by atoms with E-state index in [1.54, 1.807) is 23.5 Å². The zero-order valence-corrected chi connectivity index (χ0v) is 19.3. The first-order chi connectivity index (χ1) is 13.3. The minimum Gasteiger partial charge on any atom is -0.335 e. The molecule has 0 bridgehead atoms. The van der Waals surface area contributed by atoms with Crippen molar-refractivity contribution in [1.82, 2.24) is 4.90 Å². The Morgan fingerprint density at radius 2 is 1.93 bits per heavy atom. The molecule has 0 spiro atoms. The van der Waals surface area contributed by atoms with Gasteiger partial charge in [-0.3, -0.25) is 9.98 Å². The topological polar surface area (TPSA) is 40.0 Å². The first-order valence-electron chi connectivity index (χ1n) is 8.75. The van der Waals surface area contributed by atoms with Crippen LogP contribution >= 0.6 is 59.9 Å². The second-order valence-electron chi connectivity index (χ2n) is 6.51. The Bertz CT molecular complexity index is 976. The van der Waals surface area contributed by atoms with Crippen LogP contribution in [0.3, 0.4) is 0 Å². The number of para-hydroxylation sites is 1. The van der Waals surface area contributed by atoms with Gasteiger partial charge in [0.1, 0.15) is 0 Å². The summed E-state index contributed by atoms with van der Waals surface area (Å²) < 4.78 is 0. The number of hydrogen-bond donors (Lipinski definition) is 1. The van der Waals surface area contributed by atoms with Crippen molar-refractivity contribution in [3.05, 3.63) is 75.8 Å². The smallest absolute Gasteiger partial charge is 0.168 e. The summed E-state index contributed by atoms with van der Waals surface area (Å²) in [5.41, 5.74) is 4.92. The fraction of sp³-hybridized carbons (Fsp3) is 0.200. The molecule has 3 aliphatic rings. The quantitative estimate of drug-likeness (QED) is 0.562. The van der Waals surface area contributed by atoms with Crippen molar-refractivity contribution in [3.8, 4) is 0 Å². The van der Waals surface area contributed by atoms with Crippen molar-refractivity contribution in [2.45, 2.75) is 12.6 Å². The number of anilines is 1. The van der Waals surface area contributed by atoms with E-state index in [0.717, 1.165) is 39.9 Å². The lowest BCUT2D eigenvalue weighted by Gasteiger charge is -2.20. The largest absolute Gasteiger partial charge is 0.335 e. The van der Waals surface area contributed by atoms with Crippen LogP contribution in [0.2, 0.25) is 5.02 Å². The molecular weight excluding hydrogens is 467 g/mol. The van der Waals surface area contributed by atoms with Crippen molar-refractivity contribution in [1.29, 1.82) is 0 Å². The van der Waals surface area contributed by atoms with Crippen LogP contribution in [0.1, 0.15) is 17.2 Å². The molecule has 2 aromatic rings. The summed E-state index contributed by atoms with van der Waals surface area (Å²) in [5.74, 6) is 0.882. The Kier molecular flexibility index (Phi) is 7.46. The monoisotopic (exact) mass is 484 g/mol. The molecule has 29 heavy (non-hydrogen) atoms. The summed E-state index contributed by atoms with van der Waals surface area (Å²) in [5, 5.41) is 8.49. The Morgan fingerprint density at radius 3 is 2.76 bits per heavy atom. The SMILES string of the molecule is Cl.Cl.Clc1ccc(C2CN3C(CSC4=NCc5ccccc5N4)=CSC3=N2)cc1. The Balaban J connectivity index is 0.00000120. The summed E-state index contributed by atoms with van der Waals surface area (Å²) in [6.45, 7) is 1.63. The minimum absolute atomic E-state index is 0. The first kappa shape index (κ1) is 22.4. The van der Waals surface area contributed by atoms with Crippen LogP contribution in [-0.4, -0.2) is 27.5 Å². The molecule has 152 valence electrons. The molecule has 1 unspecified atom stereocenters. The van der Waals surface area contributed by atoms with Gasteiger partial charge in [0.25, 0.3) is 0 Å². The van der Waals surface area contributed by atoms with Gasteiger partial charge in [0.05, 0.1) is 19.1 Å². The third kappa shape index (κ3) is 4.72. The molecule has 0 radical (unpaired) electrons. The van der Waals surface area contributed by atoms with Crippen molar-refractivity contribution in [2.75, 3.05) is 17.6 Å². The number of benzene rings is 2. The molecule has 9 heteroatoms. The summed E-state index contributed by atoms with van der Waals surface area (Å²) in [7, 11) is 0. The molecule has 5 rings (SSSR count). The van der Waals surface area contributed by atoms with Gasteiger partial charge in [-0.1, -0.05) is 65.5 Å². The van der Waals surface area contributed by atoms with Crippen LogP contribution in [0.5, 0.6) is 0 Å². The zero-order chi connectivity index (χ0) is 18.2. The molecular formula is C20H19Cl3N4S2. The maximum absolute atomic E-state index is 6.00. The number of hydrogen-bond acceptors (Lipinski definition) is 6. The molecule has 2 aromatic carbocycles. The van der Waals surface area contributed by atoms with E-state index in [4.69, 9.17) is 16.6 Å². The molecule has 0 saturated carbocycles. The summed E-state index contributed by atoms with van der Waals surface area (Å²) in [6, 6.07) is 16.5. The highest BCUT2D eigenvalue weighted by Crippen LogP contribution is 2.38. The van der Waals surface area contributed by atoms with E-state index in [2.05, 4.69) is 57.0 Å². The van der Waals surface area contributed by atoms with Crippen molar-refractivity contribution >= 4 is 76.0 Å². The third-order valence-corrected chi connectivity index (χ3v) is 6.89. The van der Waals surface area contributed by atoms with Crippen LogP contribution in [0.25, 0.3) is 0 Å². The van der Waals surface area contributed by atoms with Crippen LogP contribution in [-0.2, 0) is 6.54 Å². The standard InChI is InChI=1S/C20H17ClN4S2.2ClH/c21-15-7-5-13(6-8-15)18-10-25-16(12-27-20(25)24-18)11-26-19-22-9-14-3-1-2-4-17(14)23-19;;/h1-8,12,18H,9-11H2,(H,22,23);2*1H. The van der Waals surface area contributed by atoms with Crippen molar-refractivity contribution < 1.29 is 0 Å². The third-order valence-electron chi connectivity index (χ3n) is 4.76. The Hall–Kier alpha value is -1.31. The van der Waals surface area contributed by atoms with E-state index >= 15 is 0 Å². The second kappa shape index (κ2) is 9.67. The van der Waals surface area contributed by atoms with Crippen molar-refractivity contribution in [2.24, 2.45) is 9.98 Å². The zero-order valence-electron chi connectivity index (χ0n) is 15.2. The first-order valence-corrected chi connectivity index (χ1v) is 11.0. The predicted molar refractivity (Wildman–Crippen MR) is 132 cm³/mol. The lowest BCUT2D eigenvalue weighted by atomic mass is 10.1. The van der Waals surface area contributed by atoms with Crippen molar-refractivity contribution in [3.63, 3.8) is 0 Å². The summed E-state index contributed by atoms with van der Waals surface area (Å²) in [4.78, 5) is 11.9. The normalized spacial score (nSPS) is 19.0. The maximum Gasteiger partial charge on any atom is 0.168 e. The number of amidine groups is 2. The van der Waals surface area contributed by atoms with Gasteiger partial charge in [-0.2, -0.15) is 0 Å². The lowest BCUT2D eigenvalue weighted by molar-refractivity contribution is 0.525. The molecule has 1 N–H and O–H groups in total. The maximum atomic E-state index is 6.00. The van der Waals surface area contributed by atoms with Crippen LogP contribution in [0.4, 0.5) is 5.69 Å².